The van der Waals surface area contributed by atoms with E-state index in [1.54, 1.807) is 0 Å². The minimum Gasteiger partial charge on any atom is -0.379 e. The molecule has 170 valence electrons. The molecule has 2 aromatic rings. The Morgan fingerprint density at radius 1 is 1.03 bits per heavy atom. The first-order valence-corrected chi connectivity index (χ1v) is 11.2. The number of ether oxygens (including phenoxy) is 1. The Morgan fingerprint density at radius 2 is 1.81 bits per heavy atom. The second kappa shape index (κ2) is 9.71. The van der Waals surface area contributed by atoms with Crippen LogP contribution in [-0.4, -0.2) is 63.2 Å². The first-order chi connectivity index (χ1) is 15.4. The van der Waals surface area contributed by atoms with E-state index in [0.29, 0.717) is 25.4 Å². The lowest BCUT2D eigenvalue weighted by Crippen LogP contribution is -2.45. The van der Waals surface area contributed by atoms with Crippen LogP contribution in [0.4, 0.5) is 11.4 Å². The van der Waals surface area contributed by atoms with Gasteiger partial charge in [-0.05, 0) is 54.7 Å². The number of hydrogen-bond donors (Lipinski definition) is 2. The first-order valence-electron chi connectivity index (χ1n) is 11.2. The summed E-state index contributed by atoms with van der Waals surface area (Å²) in [5, 5.41) is 5.61. The highest BCUT2D eigenvalue weighted by molar-refractivity contribution is 6.39. The van der Waals surface area contributed by atoms with Crippen LogP contribution in [0.2, 0.25) is 0 Å². The molecule has 2 N–H and O–H groups in total. The second-order valence-electron chi connectivity index (χ2n) is 8.71. The molecule has 0 aliphatic carbocycles. The molecule has 2 aliphatic heterocycles. The maximum atomic E-state index is 12.6. The first kappa shape index (κ1) is 22.3. The predicted octanol–water partition coefficient (Wildman–Crippen LogP) is 2.42. The fraction of sp³-hybridized carbons (Fsp3) is 0.440. The van der Waals surface area contributed by atoms with Crippen molar-refractivity contribution in [1.82, 2.24) is 10.2 Å². The molecule has 0 saturated carbocycles. The third-order valence-corrected chi connectivity index (χ3v) is 6.41. The molecule has 2 heterocycles. The number of carbonyl (C=O) groups excluding carboxylic acids is 2. The van der Waals surface area contributed by atoms with Crippen molar-refractivity contribution in [2.45, 2.75) is 26.3 Å². The maximum absolute atomic E-state index is 12.6. The number of nitrogens with zero attached hydrogens (tertiary/aromatic N) is 2. The molecular weight excluding hydrogens is 404 g/mol. The monoisotopic (exact) mass is 436 g/mol. The van der Waals surface area contributed by atoms with Crippen LogP contribution in [0.25, 0.3) is 0 Å². The Balaban J connectivity index is 1.46. The quantitative estimate of drug-likeness (QED) is 0.705. The molecule has 0 bridgehead atoms. The largest absolute Gasteiger partial charge is 0.379 e. The molecule has 1 atom stereocenters. The fourth-order valence-electron chi connectivity index (χ4n) is 4.46. The minimum atomic E-state index is -0.644. The van der Waals surface area contributed by atoms with Crippen LogP contribution in [0.5, 0.6) is 0 Å². The molecule has 2 aliphatic rings. The van der Waals surface area contributed by atoms with Gasteiger partial charge in [0.1, 0.15) is 0 Å². The van der Waals surface area contributed by atoms with Crippen molar-refractivity contribution in [1.29, 1.82) is 0 Å². The molecule has 7 nitrogen and oxygen atoms in total. The molecule has 2 amide bonds. The van der Waals surface area contributed by atoms with Gasteiger partial charge in [0.25, 0.3) is 0 Å². The molecule has 4 rings (SSSR count). The van der Waals surface area contributed by atoms with Crippen LogP contribution in [0, 0.1) is 13.8 Å². The standard InChI is InChI=1S/C25H32N4O3/c1-17-4-5-18(2)21(14-17)27-25(31)24(30)26-16-23(29-10-12-32-13-11-29)19-6-7-22-20(15-19)8-9-28(22)3/h4-7,14-15,23H,8-13,16H2,1-3H3,(H,26,30)(H,27,31)/t23-/m0/s1. The van der Waals surface area contributed by atoms with Crippen molar-refractivity contribution in [2.24, 2.45) is 0 Å². The summed E-state index contributed by atoms with van der Waals surface area (Å²) in [5.74, 6) is -1.26. The van der Waals surface area contributed by atoms with Gasteiger partial charge in [0.15, 0.2) is 0 Å². The highest BCUT2D eigenvalue weighted by atomic mass is 16.5. The van der Waals surface area contributed by atoms with Gasteiger partial charge in [-0.25, -0.2) is 0 Å². The zero-order chi connectivity index (χ0) is 22.7. The highest BCUT2D eigenvalue weighted by Crippen LogP contribution is 2.31. The Hall–Kier alpha value is -2.90. The molecule has 2 aromatic carbocycles. The highest BCUT2D eigenvalue weighted by Gasteiger charge is 2.26. The van der Waals surface area contributed by atoms with E-state index in [0.717, 1.165) is 42.7 Å². The molecule has 0 aromatic heterocycles. The smallest absolute Gasteiger partial charge is 0.313 e. The van der Waals surface area contributed by atoms with Crippen LogP contribution >= 0.6 is 0 Å². The summed E-state index contributed by atoms with van der Waals surface area (Å²) in [5.41, 5.74) is 6.38. The van der Waals surface area contributed by atoms with E-state index in [-0.39, 0.29) is 6.04 Å². The van der Waals surface area contributed by atoms with Gasteiger partial charge < -0.3 is 20.3 Å². The van der Waals surface area contributed by atoms with Gasteiger partial charge in [0, 0.05) is 44.6 Å². The minimum absolute atomic E-state index is 0.00689. The molecule has 32 heavy (non-hydrogen) atoms. The Bertz CT molecular complexity index is 1000. The Labute approximate surface area is 189 Å². The van der Waals surface area contributed by atoms with E-state index in [1.165, 1.54) is 11.3 Å². The van der Waals surface area contributed by atoms with E-state index in [4.69, 9.17) is 4.74 Å². The topological polar surface area (TPSA) is 73.9 Å². The Kier molecular flexibility index (Phi) is 6.77. The third-order valence-electron chi connectivity index (χ3n) is 6.41. The lowest BCUT2D eigenvalue weighted by Gasteiger charge is -2.35. The van der Waals surface area contributed by atoms with Crippen molar-refractivity contribution >= 4 is 23.2 Å². The summed E-state index contributed by atoms with van der Waals surface area (Å²) in [6.45, 7) is 8.20. The summed E-state index contributed by atoms with van der Waals surface area (Å²) >= 11 is 0. The zero-order valence-corrected chi connectivity index (χ0v) is 19.1. The lowest BCUT2D eigenvalue weighted by atomic mass is 10.0. The zero-order valence-electron chi connectivity index (χ0n) is 19.1. The normalized spacial score (nSPS) is 17.0. The van der Waals surface area contributed by atoms with Crippen molar-refractivity contribution in [3.8, 4) is 0 Å². The summed E-state index contributed by atoms with van der Waals surface area (Å²) < 4.78 is 5.53. The number of likely N-dealkylation sites (N-methyl/N-ethyl adjacent to an activating group) is 1. The van der Waals surface area contributed by atoms with Crippen LogP contribution in [0.1, 0.15) is 28.3 Å². The number of carbonyl (C=O) groups is 2. The van der Waals surface area contributed by atoms with Crippen molar-refractivity contribution < 1.29 is 14.3 Å². The average molecular weight is 437 g/mol. The summed E-state index contributed by atoms with van der Waals surface area (Å²) in [7, 11) is 2.11. The molecule has 1 saturated heterocycles. The third kappa shape index (κ3) is 4.95. The number of nitrogens with one attached hydrogen (secondary N) is 2. The molecule has 0 unspecified atom stereocenters. The van der Waals surface area contributed by atoms with E-state index in [2.05, 4.69) is 45.7 Å². The van der Waals surface area contributed by atoms with E-state index < -0.39 is 11.8 Å². The van der Waals surface area contributed by atoms with Crippen molar-refractivity contribution in [2.75, 3.05) is 56.7 Å². The van der Waals surface area contributed by atoms with Crippen LogP contribution in [-0.2, 0) is 20.7 Å². The van der Waals surface area contributed by atoms with Gasteiger partial charge in [-0.3, -0.25) is 14.5 Å². The van der Waals surface area contributed by atoms with Gasteiger partial charge in [-0.15, -0.1) is 0 Å². The van der Waals surface area contributed by atoms with Crippen LogP contribution < -0.4 is 15.5 Å². The number of benzene rings is 2. The SMILES string of the molecule is Cc1ccc(C)c(NC(=O)C(=O)NC[C@@H](c2ccc3c(c2)CCN3C)N2CCOCC2)c1. The van der Waals surface area contributed by atoms with Gasteiger partial charge in [-0.2, -0.15) is 0 Å². The van der Waals surface area contributed by atoms with Crippen LogP contribution in [0.15, 0.2) is 36.4 Å². The predicted molar refractivity (Wildman–Crippen MR) is 126 cm³/mol. The van der Waals surface area contributed by atoms with E-state index in [9.17, 15) is 9.59 Å². The molecule has 1 fully saturated rings. The number of anilines is 2. The van der Waals surface area contributed by atoms with Crippen molar-refractivity contribution in [3.63, 3.8) is 0 Å². The van der Waals surface area contributed by atoms with Crippen LogP contribution in [0.3, 0.4) is 0 Å². The number of rotatable bonds is 5. The van der Waals surface area contributed by atoms with Gasteiger partial charge in [-0.1, -0.05) is 24.3 Å². The fourth-order valence-corrected chi connectivity index (χ4v) is 4.46. The summed E-state index contributed by atoms with van der Waals surface area (Å²) in [4.78, 5) is 29.7. The van der Waals surface area contributed by atoms with E-state index >= 15 is 0 Å². The van der Waals surface area contributed by atoms with Crippen molar-refractivity contribution in [3.05, 3.63) is 58.7 Å². The number of aryl methyl sites for hydroxylation is 2. The van der Waals surface area contributed by atoms with E-state index in [1.807, 2.05) is 32.0 Å². The molecular formula is C25H32N4O3. The number of amides is 2. The molecule has 7 heteroatoms. The number of morpholine rings is 1. The molecule has 0 spiro atoms. The lowest BCUT2D eigenvalue weighted by molar-refractivity contribution is -0.136. The average Bonchev–Trinajstić information content (AvgIpc) is 3.17. The van der Waals surface area contributed by atoms with Gasteiger partial charge in [0.05, 0.1) is 19.3 Å². The van der Waals surface area contributed by atoms with Gasteiger partial charge in [0.2, 0.25) is 0 Å². The Morgan fingerprint density at radius 3 is 2.59 bits per heavy atom. The number of fused-ring (bicyclic) bond motifs is 1. The molecule has 0 radical (unpaired) electrons. The van der Waals surface area contributed by atoms with Gasteiger partial charge >= 0.3 is 11.8 Å². The number of hydrogen-bond acceptors (Lipinski definition) is 5. The summed E-state index contributed by atoms with van der Waals surface area (Å²) in [6.07, 6.45) is 1.03. The summed E-state index contributed by atoms with van der Waals surface area (Å²) in [6, 6.07) is 12.3. The maximum Gasteiger partial charge on any atom is 0.313 e. The second-order valence-corrected chi connectivity index (χ2v) is 8.71.